The number of hydrogen-bond donors (Lipinski definition) is 1. The van der Waals surface area contributed by atoms with E-state index in [0.717, 1.165) is 0 Å². The Hall–Kier alpha value is -0.380. The Labute approximate surface area is 78.2 Å². The maximum absolute atomic E-state index is 5.49. The molecule has 64 valence electrons. The molecule has 1 unspecified atom stereocenters. The summed E-state index contributed by atoms with van der Waals surface area (Å²) in [6.07, 6.45) is 3.37. The second-order valence-electron chi connectivity index (χ2n) is 1.90. The molecule has 2 N–H and O–H groups in total. The van der Waals surface area contributed by atoms with Gasteiger partial charge in [0.1, 0.15) is 5.82 Å². The van der Waals surface area contributed by atoms with Gasteiger partial charge in [-0.05, 0) is 13.0 Å². The van der Waals surface area contributed by atoms with E-state index in [0.29, 0.717) is 5.82 Å². The van der Waals surface area contributed by atoms with Gasteiger partial charge in [-0.25, -0.2) is 9.97 Å². The molecule has 0 fully saturated rings. The van der Waals surface area contributed by atoms with E-state index in [-0.39, 0.29) is 30.9 Å². The first-order valence-corrected chi connectivity index (χ1v) is 2.83. The minimum absolute atomic E-state index is 0. The zero-order chi connectivity index (χ0) is 6.69. The fraction of sp³-hybridized carbons (Fsp3) is 0.333. The molecule has 1 aromatic heterocycles. The molecule has 11 heavy (non-hydrogen) atoms. The van der Waals surface area contributed by atoms with Gasteiger partial charge in [0.2, 0.25) is 0 Å². The Morgan fingerprint density at radius 2 is 1.73 bits per heavy atom. The second-order valence-corrected chi connectivity index (χ2v) is 1.90. The van der Waals surface area contributed by atoms with E-state index in [9.17, 15) is 0 Å². The maximum Gasteiger partial charge on any atom is 0.144 e. The molecule has 0 amide bonds. The van der Waals surface area contributed by atoms with Gasteiger partial charge in [-0.15, -0.1) is 24.8 Å². The van der Waals surface area contributed by atoms with Gasteiger partial charge < -0.3 is 5.73 Å². The third-order valence-corrected chi connectivity index (χ3v) is 0.993. The summed E-state index contributed by atoms with van der Waals surface area (Å²) < 4.78 is 0. The predicted molar refractivity (Wildman–Crippen MR) is 49.1 cm³/mol. The van der Waals surface area contributed by atoms with Gasteiger partial charge in [0, 0.05) is 12.4 Å². The van der Waals surface area contributed by atoms with Crippen LogP contribution >= 0.6 is 24.8 Å². The zero-order valence-electron chi connectivity index (χ0n) is 6.10. The molecule has 1 atom stereocenters. The van der Waals surface area contributed by atoms with Crippen LogP contribution in [0.5, 0.6) is 0 Å². The highest BCUT2D eigenvalue weighted by molar-refractivity contribution is 5.85. The highest BCUT2D eigenvalue weighted by atomic mass is 35.5. The lowest BCUT2D eigenvalue weighted by molar-refractivity contribution is 0.739. The summed E-state index contributed by atoms with van der Waals surface area (Å²) >= 11 is 0. The van der Waals surface area contributed by atoms with E-state index in [4.69, 9.17) is 5.73 Å². The van der Waals surface area contributed by atoms with Crippen LogP contribution in [0.2, 0.25) is 0 Å². The van der Waals surface area contributed by atoms with E-state index in [1.54, 1.807) is 18.5 Å². The Morgan fingerprint density at radius 1 is 1.27 bits per heavy atom. The quantitative estimate of drug-likeness (QED) is 0.737. The van der Waals surface area contributed by atoms with Gasteiger partial charge in [0.05, 0.1) is 6.04 Å². The number of halogens is 2. The van der Waals surface area contributed by atoms with Gasteiger partial charge in [-0.2, -0.15) is 0 Å². The van der Waals surface area contributed by atoms with Gasteiger partial charge in [-0.1, -0.05) is 0 Å². The number of nitrogens with zero attached hydrogens (tertiary/aromatic N) is 2. The van der Waals surface area contributed by atoms with Crippen molar-refractivity contribution in [3.63, 3.8) is 0 Å². The Balaban J connectivity index is 0. The largest absolute Gasteiger partial charge is 0.322 e. The lowest BCUT2D eigenvalue weighted by Gasteiger charge is -1.99. The first-order valence-electron chi connectivity index (χ1n) is 2.83. The molecular weight excluding hydrogens is 185 g/mol. The molecule has 0 spiro atoms. The molecule has 0 aliphatic heterocycles. The Bertz CT molecular complexity index is 178. The topological polar surface area (TPSA) is 51.8 Å². The lowest BCUT2D eigenvalue weighted by Crippen LogP contribution is -2.08. The number of hydrogen-bond acceptors (Lipinski definition) is 3. The average molecular weight is 196 g/mol. The highest BCUT2D eigenvalue weighted by Crippen LogP contribution is 1.97. The molecule has 0 saturated heterocycles. The molecule has 0 radical (unpaired) electrons. The van der Waals surface area contributed by atoms with Crippen LogP contribution in [-0.2, 0) is 0 Å². The second kappa shape index (κ2) is 6.34. The Morgan fingerprint density at radius 3 is 2.00 bits per heavy atom. The smallest absolute Gasteiger partial charge is 0.144 e. The summed E-state index contributed by atoms with van der Waals surface area (Å²) in [6, 6.07) is 1.71. The average Bonchev–Trinajstić information content (AvgIpc) is 1.90. The van der Waals surface area contributed by atoms with E-state index < -0.39 is 0 Å². The molecule has 0 aliphatic rings. The summed E-state index contributed by atoms with van der Waals surface area (Å²) in [5.74, 6) is 0.692. The van der Waals surface area contributed by atoms with Crippen LogP contribution in [0, 0.1) is 0 Å². The molecule has 5 heteroatoms. The normalized spacial score (nSPS) is 10.7. The molecule has 0 saturated carbocycles. The van der Waals surface area contributed by atoms with Crippen molar-refractivity contribution in [1.82, 2.24) is 9.97 Å². The van der Waals surface area contributed by atoms with Crippen molar-refractivity contribution >= 4 is 24.8 Å². The number of rotatable bonds is 1. The van der Waals surface area contributed by atoms with E-state index in [2.05, 4.69) is 9.97 Å². The van der Waals surface area contributed by atoms with Crippen LogP contribution in [0.15, 0.2) is 18.5 Å². The van der Waals surface area contributed by atoms with Crippen LogP contribution < -0.4 is 5.73 Å². The fourth-order valence-electron chi connectivity index (χ4n) is 0.546. The van der Waals surface area contributed by atoms with E-state index in [1.165, 1.54) is 0 Å². The summed E-state index contributed by atoms with van der Waals surface area (Å²) in [7, 11) is 0. The Kier molecular flexibility index (Phi) is 7.62. The SMILES string of the molecule is CC(N)c1ncccn1.Cl.Cl. The van der Waals surface area contributed by atoms with Crippen molar-refractivity contribution in [1.29, 1.82) is 0 Å². The van der Waals surface area contributed by atoms with E-state index in [1.807, 2.05) is 6.92 Å². The minimum Gasteiger partial charge on any atom is -0.322 e. The maximum atomic E-state index is 5.49. The molecule has 3 nitrogen and oxygen atoms in total. The van der Waals surface area contributed by atoms with Gasteiger partial charge in [0.25, 0.3) is 0 Å². The monoisotopic (exact) mass is 195 g/mol. The number of nitrogens with two attached hydrogens (primary N) is 1. The van der Waals surface area contributed by atoms with Crippen molar-refractivity contribution < 1.29 is 0 Å². The summed E-state index contributed by atoms with van der Waals surface area (Å²) in [6.45, 7) is 1.86. The van der Waals surface area contributed by atoms with Crippen LogP contribution in [0.1, 0.15) is 18.8 Å². The highest BCUT2D eigenvalue weighted by Gasteiger charge is 1.97. The lowest BCUT2D eigenvalue weighted by atomic mass is 10.3. The van der Waals surface area contributed by atoms with Crippen molar-refractivity contribution in [3.8, 4) is 0 Å². The van der Waals surface area contributed by atoms with Crippen molar-refractivity contribution in [2.45, 2.75) is 13.0 Å². The van der Waals surface area contributed by atoms with Crippen LogP contribution in [0.3, 0.4) is 0 Å². The van der Waals surface area contributed by atoms with Crippen LogP contribution in [0.25, 0.3) is 0 Å². The third kappa shape index (κ3) is 4.14. The third-order valence-electron chi connectivity index (χ3n) is 0.993. The summed E-state index contributed by atoms with van der Waals surface area (Å²) in [4.78, 5) is 7.88. The first kappa shape index (κ1) is 13.2. The van der Waals surface area contributed by atoms with E-state index >= 15 is 0 Å². The predicted octanol–water partition coefficient (Wildman–Crippen LogP) is 1.34. The van der Waals surface area contributed by atoms with Gasteiger partial charge in [0.15, 0.2) is 0 Å². The van der Waals surface area contributed by atoms with Crippen molar-refractivity contribution in [2.75, 3.05) is 0 Å². The molecular formula is C6H11Cl2N3. The zero-order valence-corrected chi connectivity index (χ0v) is 7.73. The van der Waals surface area contributed by atoms with Crippen molar-refractivity contribution in [2.24, 2.45) is 5.73 Å². The molecule has 1 aromatic rings. The number of aromatic nitrogens is 2. The summed E-state index contributed by atoms with van der Waals surface area (Å²) in [5, 5.41) is 0. The molecule has 1 rings (SSSR count). The molecule has 0 aliphatic carbocycles. The summed E-state index contributed by atoms with van der Waals surface area (Å²) in [5.41, 5.74) is 5.49. The first-order chi connectivity index (χ1) is 4.30. The van der Waals surface area contributed by atoms with Crippen LogP contribution in [-0.4, -0.2) is 9.97 Å². The molecule has 1 heterocycles. The van der Waals surface area contributed by atoms with Crippen molar-refractivity contribution in [3.05, 3.63) is 24.3 Å². The van der Waals surface area contributed by atoms with Gasteiger partial charge >= 0.3 is 0 Å². The standard InChI is InChI=1S/C6H9N3.2ClH/c1-5(7)6-8-3-2-4-9-6;;/h2-5H,7H2,1H3;2*1H. The fourth-order valence-corrected chi connectivity index (χ4v) is 0.546. The molecule has 0 bridgehead atoms. The van der Waals surface area contributed by atoms with Gasteiger partial charge in [-0.3, -0.25) is 0 Å². The minimum atomic E-state index is -0.0637. The molecule has 0 aromatic carbocycles. The van der Waals surface area contributed by atoms with Crippen LogP contribution in [0.4, 0.5) is 0 Å².